The smallest absolute Gasteiger partial charge is 0.334 e. The Kier molecular flexibility index (Phi) is 8.84. The molecule has 3 atom stereocenters. The molecule has 0 N–H and O–H groups in total. The lowest BCUT2D eigenvalue weighted by Crippen LogP contribution is -2.51. The number of ether oxygens (including phenoxy) is 3. The van der Waals surface area contributed by atoms with Crippen molar-refractivity contribution in [2.75, 3.05) is 0 Å². The minimum Gasteiger partial charge on any atom is -0.443 e. The molecule has 0 bridgehead atoms. The number of hydrogen-bond acceptors (Lipinski definition) is 7. The Bertz CT molecular complexity index is 499. The van der Waals surface area contributed by atoms with Crippen LogP contribution in [-0.4, -0.2) is 41.5 Å². The van der Waals surface area contributed by atoms with Crippen molar-refractivity contribution >= 4 is 17.9 Å². The minimum atomic E-state index is -0.856. The topological polar surface area (TPSA) is 82.1 Å². The molecule has 0 saturated heterocycles. The second-order valence-corrected chi connectivity index (χ2v) is 5.80. The van der Waals surface area contributed by atoms with Crippen molar-refractivity contribution < 1.29 is 28.6 Å². The van der Waals surface area contributed by atoms with Crippen molar-refractivity contribution in [3.63, 3.8) is 0 Å². The second-order valence-electron chi connectivity index (χ2n) is 5.80. The van der Waals surface area contributed by atoms with Crippen LogP contribution in [0.5, 0.6) is 0 Å². The van der Waals surface area contributed by atoms with Crippen molar-refractivity contribution in [2.24, 2.45) is 0 Å². The molecule has 0 aliphatic carbocycles. The molecule has 0 saturated carbocycles. The molecule has 0 fully saturated rings. The van der Waals surface area contributed by atoms with Crippen LogP contribution in [0.3, 0.4) is 0 Å². The number of esters is 3. The van der Waals surface area contributed by atoms with Crippen LogP contribution in [0.25, 0.3) is 0 Å². The highest BCUT2D eigenvalue weighted by molar-refractivity contribution is 5.88. The first-order valence-corrected chi connectivity index (χ1v) is 7.75. The lowest BCUT2D eigenvalue weighted by atomic mass is 10.3. The Labute approximate surface area is 148 Å². The van der Waals surface area contributed by atoms with Crippen LogP contribution >= 0.6 is 0 Å². The lowest BCUT2D eigenvalue weighted by molar-refractivity contribution is -0.208. The summed E-state index contributed by atoms with van der Waals surface area (Å²) in [6.07, 6.45) is -2.57. The fourth-order valence-electron chi connectivity index (χ4n) is 1.84. The van der Waals surface area contributed by atoms with Gasteiger partial charge in [0.1, 0.15) is 0 Å². The first-order valence-electron chi connectivity index (χ1n) is 7.75. The van der Waals surface area contributed by atoms with Crippen LogP contribution in [-0.2, 0) is 28.6 Å². The standard InChI is InChI=1S/C18H27NO6/c1-10(2)16(20)23-13(7)19(14(8)24-17(21)11(3)4)15(9)25-18(22)12(5)6/h13-15H,1,3,5H2,2,4,6-9H3. The Hall–Kier alpha value is -2.41. The minimum absolute atomic E-state index is 0.213. The summed E-state index contributed by atoms with van der Waals surface area (Å²) in [4.78, 5) is 36.7. The molecule has 0 aromatic carbocycles. The van der Waals surface area contributed by atoms with E-state index in [-0.39, 0.29) is 16.7 Å². The number of carbonyl (C=O) groups excluding carboxylic acids is 3. The van der Waals surface area contributed by atoms with Gasteiger partial charge in [-0.2, -0.15) is 4.90 Å². The van der Waals surface area contributed by atoms with E-state index in [1.54, 1.807) is 20.8 Å². The third kappa shape index (κ3) is 7.34. The average Bonchev–Trinajstić information content (AvgIpc) is 2.46. The molecular formula is C18H27NO6. The molecule has 0 rings (SSSR count). The van der Waals surface area contributed by atoms with E-state index in [1.165, 1.54) is 25.7 Å². The summed E-state index contributed by atoms with van der Waals surface area (Å²) in [7, 11) is 0. The lowest BCUT2D eigenvalue weighted by Gasteiger charge is -2.36. The van der Waals surface area contributed by atoms with E-state index in [9.17, 15) is 14.4 Å². The number of nitrogens with zero attached hydrogens (tertiary/aromatic N) is 1. The Morgan fingerprint density at radius 3 is 1.00 bits per heavy atom. The number of carbonyl (C=O) groups is 3. The van der Waals surface area contributed by atoms with Crippen LogP contribution in [0.15, 0.2) is 36.5 Å². The van der Waals surface area contributed by atoms with Crippen LogP contribution in [0.4, 0.5) is 0 Å². The number of hydrogen-bond donors (Lipinski definition) is 0. The molecule has 0 aliphatic rings. The third-order valence-electron chi connectivity index (χ3n) is 3.14. The van der Waals surface area contributed by atoms with Crippen LogP contribution in [0.2, 0.25) is 0 Å². The fraction of sp³-hybridized carbons (Fsp3) is 0.500. The van der Waals surface area contributed by atoms with Gasteiger partial charge >= 0.3 is 17.9 Å². The van der Waals surface area contributed by atoms with Gasteiger partial charge in [0.15, 0.2) is 18.7 Å². The SMILES string of the molecule is C=C(C)C(=O)OC(C)N(C(C)OC(=O)C(=C)C)C(C)OC(=O)C(=C)C. The van der Waals surface area contributed by atoms with Gasteiger partial charge in [0, 0.05) is 16.7 Å². The van der Waals surface area contributed by atoms with Crippen molar-refractivity contribution in [1.82, 2.24) is 4.90 Å². The van der Waals surface area contributed by atoms with Gasteiger partial charge in [-0.25, -0.2) is 14.4 Å². The van der Waals surface area contributed by atoms with Crippen molar-refractivity contribution in [3.8, 4) is 0 Å². The van der Waals surface area contributed by atoms with Gasteiger partial charge in [0.25, 0.3) is 0 Å². The molecule has 0 heterocycles. The summed E-state index contributed by atoms with van der Waals surface area (Å²) in [6, 6.07) is 0. The quantitative estimate of drug-likeness (QED) is 0.273. The molecular weight excluding hydrogens is 326 g/mol. The molecule has 7 nitrogen and oxygen atoms in total. The van der Waals surface area contributed by atoms with Crippen LogP contribution in [0.1, 0.15) is 41.5 Å². The Balaban J connectivity index is 5.40. The molecule has 0 aromatic rings. The van der Waals surface area contributed by atoms with E-state index >= 15 is 0 Å². The van der Waals surface area contributed by atoms with E-state index < -0.39 is 36.6 Å². The molecule has 3 unspecified atom stereocenters. The van der Waals surface area contributed by atoms with Crippen LogP contribution < -0.4 is 0 Å². The highest BCUT2D eigenvalue weighted by atomic mass is 16.6. The van der Waals surface area contributed by atoms with E-state index in [0.717, 1.165) is 0 Å². The molecule has 0 radical (unpaired) electrons. The molecule has 0 spiro atoms. The van der Waals surface area contributed by atoms with Crippen LogP contribution in [0, 0.1) is 0 Å². The summed E-state index contributed by atoms with van der Waals surface area (Å²) in [5, 5.41) is 0. The summed E-state index contributed by atoms with van der Waals surface area (Å²) in [6.45, 7) is 19.8. The van der Waals surface area contributed by atoms with Gasteiger partial charge < -0.3 is 14.2 Å². The fourth-order valence-corrected chi connectivity index (χ4v) is 1.84. The van der Waals surface area contributed by atoms with E-state index in [1.807, 2.05) is 0 Å². The number of rotatable bonds is 9. The predicted octanol–water partition coefficient (Wildman–Crippen LogP) is 2.68. The zero-order valence-corrected chi connectivity index (χ0v) is 15.8. The highest BCUT2D eigenvalue weighted by Gasteiger charge is 2.32. The van der Waals surface area contributed by atoms with Crippen molar-refractivity contribution in [3.05, 3.63) is 36.5 Å². The predicted molar refractivity (Wildman–Crippen MR) is 92.9 cm³/mol. The summed E-state index contributed by atoms with van der Waals surface area (Å²) in [5.74, 6) is -1.85. The summed E-state index contributed by atoms with van der Waals surface area (Å²) < 4.78 is 15.8. The van der Waals surface area contributed by atoms with Crippen molar-refractivity contribution in [2.45, 2.75) is 60.2 Å². The Morgan fingerprint density at radius 1 is 0.640 bits per heavy atom. The average molecular weight is 353 g/mol. The zero-order chi connectivity index (χ0) is 19.9. The molecule has 7 heteroatoms. The molecule has 0 aromatic heterocycles. The second kappa shape index (κ2) is 9.78. The first kappa shape index (κ1) is 22.6. The zero-order valence-electron chi connectivity index (χ0n) is 15.8. The molecule has 0 amide bonds. The summed E-state index contributed by atoms with van der Waals surface area (Å²) in [5.41, 5.74) is 0.639. The largest absolute Gasteiger partial charge is 0.443 e. The Morgan fingerprint density at radius 2 is 0.840 bits per heavy atom. The molecule has 25 heavy (non-hydrogen) atoms. The third-order valence-corrected chi connectivity index (χ3v) is 3.14. The van der Waals surface area contributed by atoms with E-state index in [4.69, 9.17) is 14.2 Å². The van der Waals surface area contributed by atoms with Gasteiger partial charge in [-0.05, 0) is 41.5 Å². The summed E-state index contributed by atoms with van der Waals surface area (Å²) >= 11 is 0. The highest BCUT2D eigenvalue weighted by Crippen LogP contribution is 2.17. The van der Waals surface area contributed by atoms with Gasteiger partial charge in [-0.1, -0.05) is 19.7 Å². The maximum atomic E-state index is 11.8. The maximum absolute atomic E-state index is 11.8. The normalized spacial score (nSPS) is 14.0. The molecule has 140 valence electrons. The van der Waals surface area contributed by atoms with Gasteiger partial charge in [-0.3, -0.25) is 0 Å². The monoisotopic (exact) mass is 353 g/mol. The maximum Gasteiger partial charge on any atom is 0.334 e. The van der Waals surface area contributed by atoms with Gasteiger partial charge in [0.2, 0.25) is 0 Å². The first-order chi connectivity index (χ1) is 11.4. The van der Waals surface area contributed by atoms with E-state index in [0.29, 0.717) is 0 Å². The van der Waals surface area contributed by atoms with Gasteiger partial charge in [0.05, 0.1) is 0 Å². The molecule has 0 aliphatic heterocycles. The van der Waals surface area contributed by atoms with Crippen molar-refractivity contribution in [1.29, 1.82) is 0 Å². The van der Waals surface area contributed by atoms with Gasteiger partial charge in [-0.15, -0.1) is 0 Å². The van der Waals surface area contributed by atoms with E-state index in [2.05, 4.69) is 19.7 Å².